The molecule has 1 atom stereocenters. The average Bonchev–Trinajstić information content (AvgIpc) is 2.67. The van der Waals surface area contributed by atoms with Crippen molar-refractivity contribution in [1.82, 2.24) is 14.9 Å². The molecule has 1 N–H and O–H groups in total. The van der Waals surface area contributed by atoms with E-state index in [0.29, 0.717) is 12.0 Å². The summed E-state index contributed by atoms with van der Waals surface area (Å²) in [5, 5.41) is 7.63. The molecule has 16 heavy (non-hydrogen) atoms. The first-order valence-corrected chi connectivity index (χ1v) is 6.83. The van der Waals surface area contributed by atoms with E-state index in [4.69, 9.17) is 0 Å². The summed E-state index contributed by atoms with van der Waals surface area (Å²) in [6.07, 6.45) is 2.40. The third kappa shape index (κ3) is 3.52. The van der Waals surface area contributed by atoms with Crippen molar-refractivity contribution in [3.63, 3.8) is 0 Å². The fourth-order valence-corrected chi connectivity index (χ4v) is 2.70. The molecule has 0 aliphatic heterocycles. The van der Waals surface area contributed by atoms with Crippen molar-refractivity contribution in [2.45, 2.75) is 52.5 Å². The smallest absolute Gasteiger partial charge is 0.0829 e. The molecule has 3 nitrogen and oxygen atoms in total. The molecular weight excluding hydrogens is 218 g/mol. The van der Waals surface area contributed by atoms with Crippen LogP contribution in [-0.4, -0.2) is 16.6 Å². The van der Waals surface area contributed by atoms with Crippen LogP contribution in [0.15, 0.2) is 0 Å². The van der Waals surface area contributed by atoms with Crippen LogP contribution in [0, 0.1) is 5.92 Å². The van der Waals surface area contributed by atoms with Crippen molar-refractivity contribution in [2.24, 2.45) is 5.92 Å². The summed E-state index contributed by atoms with van der Waals surface area (Å²) in [5.41, 5.74) is 1.16. The lowest BCUT2D eigenvalue weighted by Gasteiger charge is -2.17. The molecule has 0 aliphatic rings. The Morgan fingerprint density at radius 2 is 1.88 bits per heavy atom. The van der Waals surface area contributed by atoms with E-state index in [1.54, 1.807) is 0 Å². The molecule has 0 saturated carbocycles. The monoisotopic (exact) mass is 241 g/mol. The first kappa shape index (κ1) is 13.6. The van der Waals surface area contributed by atoms with Crippen molar-refractivity contribution in [3.8, 4) is 0 Å². The standard InChI is InChI=1S/C12H23N3S/c1-8(2)6-7-10(13-5)12-11(9(3)4)14-15-16-12/h8-10,13H,6-7H2,1-5H3. The number of hydrogen-bond acceptors (Lipinski definition) is 4. The number of nitrogens with one attached hydrogen (secondary N) is 1. The second-order valence-corrected chi connectivity index (χ2v) is 5.78. The molecule has 0 radical (unpaired) electrons. The van der Waals surface area contributed by atoms with Gasteiger partial charge >= 0.3 is 0 Å². The van der Waals surface area contributed by atoms with Gasteiger partial charge in [-0.3, -0.25) is 0 Å². The predicted octanol–water partition coefficient (Wildman–Crippen LogP) is 3.36. The maximum atomic E-state index is 4.24. The highest BCUT2D eigenvalue weighted by Crippen LogP contribution is 2.29. The van der Waals surface area contributed by atoms with Gasteiger partial charge in [-0.2, -0.15) is 0 Å². The molecule has 1 rings (SSSR count). The molecule has 1 unspecified atom stereocenters. The summed E-state index contributed by atoms with van der Waals surface area (Å²) in [6, 6.07) is 0.416. The van der Waals surface area contributed by atoms with Crippen LogP contribution in [0.1, 0.15) is 63.1 Å². The van der Waals surface area contributed by atoms with Crippen molar-refractivity contribution in [2.75, 3.05) is 7.05 Å². The van der Waals surface area contributed by atoms with Crippen LogP contribution in [0.3, 0.4) is 0 Å². The van der Waals surface area contributed by atoms with Crippen LogP contribution in [0.5, 0.6) is 0 Å². The minimum Gasteiger partial charge on any atom is -0.312 e. The zero-order valence-electron chi connectivity index (χ0n) is 10.9. The Bertz CT molecular complexity index is 307. The van der Waals surface area contributed by atoms with Crippen LogP contribution >= 0.6 is 11.5 Å². The molecule has 0 fully saturated rings. The normalized spacial score (nSPS) is 13.7. The number of nitrogens with zero attached hydrogens (tertiary/aromatic N) is 2. The molecular formula is C12H23N3S. The Hall–Kier alpha value is -0.480. The van der Waals surface area contributed by atoms with Crippen molar-refractivity contribution < 1.29 is 0 Å². The van der Waals surface area contributed by atoms with E-state index in [0.717, 1.165) is 18.0 Å². The zero-order chi connectivity index (χ0) is 12.1. The lowest BCUT2D eigenvalue weighted by atomic mass is 9.99. The topological polar surface area (TPSA) is 37.8 Å². The first-order valence-electron chi connectivity index (χ1n) is 6.05. The van der Waals surface area contributed by atoms with Crippen LogP contribution in [0.4, 0.5) is 0 Å². The second kappa shape index (κ2) is 6.30. The van der Waals surface area contributed by atoms with Gasteiger partial charge in [0.15, 0.2) is 0 Å². The fourth-order valence-electron chi connectivity index (χ4n) is 1.75. The van der Waals surface area contributed by atoms with Crippen molar-refractivity contribution in [1.29, 1.82) is 0 Å². The third-order valence-electron chi connectivity index (χ3n) is 2.78. The molecule has 0 aromatic carbocycles. The SMILES string of the molecule is CNC(CCC(C)C)c1snnc1C(C)C. The molecule has 0 saturated heterocycles. The largest absolute Gasteiger partial charge is 0.312 e. The summed E-state index contributed by atoms with van der Waals surface area (Å²) >= 11 is 1.54. The predicted molar refractivity (Wildman–Crippen MR) is 69.9 cm³/mol. The van der Waals surface area contributed by atoms with Gasteiger partial charge in [0.05, 0.1) is 10.6 Å². The molecule has 0 spiro atoms. The third-order valence-corrected chi connectivity index (χ3v) is 3.64. The lowest BCUT2D eigenvalue weighted by molar-refractivity contribution is 0.466. The molecule has 92 valence electrons. The van der Waals surface area contributed by atoms with Gasteiger partial charge in [-0.25, -0.2) is 0 Å². The van der Waals surface area contributed by atoms with Gasteiger partial charge in [-0.15, -0.1) is 5.10 Å². The molecule has 0 aliphatic carbocycles. The van der Waals surface area contributed by atoms with E-state index >= 15 is 0 Å². The molecule has 1 heterocycles. The molecule has 0 amide bonds. The minimum atomic E-state index is 0.416. The highest BCUT2D eigenvalue weighted by atomic mass is 32.1. The van der Waals surface area contributed by atoms with Gasteiger partial charge in [0.25, 0.3) is 0 Å². The van der Waals surface area contributed by atoms with Gasteiger partial charge in [-0.1, -0.05) is 32.2 Å². The summed E-state index contributed by atoms with van der Waals surface area (Å²) in [5.74, 6) is 1.21. The molecule has 0 bridgehead atoms. The van der Waals surface area contributed by atoms with Gasteiger partial charge in [-0.05, 0) is 43.3 Å². The van der Waals surface area contributed by atoms with Crippen LogP contribution in [0.25, 0.3) is 0 Å². The number of aromatic nitrogens is 2. The Morgan fingerprint density at radius 3 is 2.38 bits per heavy atom. The maximum absolute atomic E-state index is 4.24. The summed E-state index contributed by atoms with van der Waals surface area (Å²) in [7, 11) is 2.02. The molecule has 4 heteroatoms. The Balaban J connectivity index is 2.74. The van der Waals surface area contributed by atoms with E-state index in [1.165, 1.54) is 22.8 Å². The zero-order valence-corrected chi connectivity index (χ0v) is 11.8. The lowest BCUT2D eigenvalue weighted by Crippen LogP contribution is -2.17. The van der Waals surface area contributed by atoms with Gasteiger partial charge < -0.3 is 5.32 Å². The van der Waals surface area contributed by atoms with Crippen molar-refractivity contribution in [3.05, 3.63) is 10.6 Å². The Labute approximate surface area is 103 Å². The summed E-state index contributed by atoms with van der Waals surface area (Å²) in [4.78, 5) is 1.32. The molecule has 1 aromatic rings. The van der Waals surface area contributed by atoms with E-state index in [2.05, 4.69) is 42.6 Å². The van der Waals surface area contributed by atoms with E-state index in [-0.39, 0.29) is 0 Å². The fraction of sp³-hybridized carbons (Fsp3) is 0.833. The van der Waals surface area contributed by atoms with Gasteiger partial charge in [0, 0.05) is 6.04 Å². The quantitative estimate of drug-likeness (QED) is 0.830. The maximum Gasteiger partial charge on any atom is 0.0829 e. The van der Waals surface area contributed by atoms with Crippen LogP contribution in [-0.2, 0) is 0 Å². The van der Waals surface area contributed by atoms with E-state index in [1.807, 2.05) is 7.05 Å². The Kier molecular flexibility index (Phi) is 5.35. The van der Waals surface area contributed by atoms with E-state index < -0.39 is 0 Å². The first-order chi connectivity index (χ1) is 7.56. The highest BCUT2D eigenvalue weighted by molar-refractivity contribution is 7.05. The summed E-state index contributed by atoms with van der Waals surface area (Å²) < 4.78 is 4.09. The van der Waals surface area contributed by atoms with E-state index in [9.17, 15) is 0 Å². The Morgan fingerprint density at radius 1 is 1.19 bits per heavy atom. The number of rotatable bonds is 6. The van der Waals surface area contributed by atoms with Gasteiger partial charge in [0.2, 0.25) is 0 Å². The highest BCUT2D eigenvalue weighted by Gasteiger charge is 2.19. The van der Waals surface area contributed by atoms with Crippen LogP contribution in [0.2, 0.25) is 0 Å². The van der Waals surface area contributed by atoms with Crippen LogP contribution < -0.4 is 5.32 Å². The summed E-state index contributed by atoms with van der Waals surface area (Å²) in [6.45, 7) is 8.88. The second-order valence-electron chi connectivity index (χ2n) is 4.99. The van der Waals surface area contributed by atoms with Gasteiger partial charge in [0.1, 0.15) is 0 Å². The minimum absolute atomic E-state index is 0.416. The molecule has 1 aromatic heterocycles. The number of hydrogen-bond donors (Lipinski definition) is 1. The van der Waals surface area contributed by atoms with Crippen molar-refractivity contribution >= 4 is 11.5 Å². The average molecular weight is 241 g/mol.